The number of halogens is 1. The topological polar surface area (TPSA) is 29.3 Å². The lowest BCUT2D eigenvalue weighted by atomic mass is 9.90. The molecule has 0 saturated carbocycles. The van der Waals surface area contributed by atoms with Crippen LogP contribution in [0.25, 0.3) is 0 Å². The third kappa shape index (κ3) is 1.66. The Morgan fingerprint density at radius 3 is 3.07 bits per heavy atom. The number of hydrogen-bond acceptors (Lipinski definition) is 2. The van der Waals surface area contributed by atoms with Crippen molar-refractivity contribution in [2.24, 2.45) is 5.73 Å². The summed E-state index contributed by atoms with van der Waals surface area (Å²) in [5.41, 5.74) is 8.49. The lowest BCUT2D eigenvalue weighted by Gasteiger charge is -2.32. The smallest absolute Gasteiger partial charge is 0.0400 e. The average molecular weight is 255 g/mol. The molecular formula is C11H15BrN2. The first-order valence-corrected chi connectivity index (χ1v) is 5.72. The van der Waals surface area contributed by atoms with Crippen LogP contribution >= 0.6 is 15.9 Å². The summed E-state index contributed by atoms with van der Waals surface area (Å²) in [5, 5.41) is 0. The van der Waals surface area contributed by atoms with E-state index in [1.54, 1.807) is 0 Å². The van der Waals surface area contributed by atoms with Crippen molar-refractivity contribution < 1.29 is 0 Å². The standard InChI is InChI=1S/C11H15BrN2/c1-14-5-4-8(7-13)10-6-9(12)2-3-11(10)14/h2-3,6,8H,4-5,7,13H2,1H3. The normalized spacial score (nSPS) is 20.8. The molecule has 2 N–H and O–H groups in total. The van der Waals surface area contributed by atoms with Gasteiger partial charge < -0.3 is 10.6 Å². The van der Waals surface area contributed by atoms with Gasteiger partial charge in [-0.15, -0.1) is 0 Å². The Kier molecular flexibility index (Phi) is 2.79. The predicted molar refractivity (Wildman–Crippen MR) is 63.8 cm³/mol. The van der Waals surface area contributed by atoms with Gasteiger partial charge in [-0.05, 0) is 42.6 Å². The summed E-state index contributed by atoms with van der Waals surface area (Å²) >= 11 is 3.51. The van der Waals surface area contributed by atoms with Crippen LogP contribution in [-0.2, 0) is 0 Å². The molecule has 0 fully saturated rings. The molecule has 2 rings (SSSR count). The van der Waals surface area contributed by atoms with Crippen LogP contribution in [0.3, 0.4) is 0 Å². The molecule has 0 aliphatic carbocycles. The molecule has 0 aromatic heterocycles. The van der Waals surface area contributed by atoms with Crippen molar-refractivity contribution >= 4 is 21.6 Å². The average Bonchev–Trinajstić information content (AvgIpc) is 2.18. The van der Waals surface area contributed by atoms with Crippen LogP contribution in [0.4, 0.5) is 5.69 Å². The van der Waals surface area contributed by atoms with Crippen molar-refractivity contribution in [1.29, 1.82) is 0 Å². The monoisotopic (exact) mass is 254 g/mol. The zero-order chi connectivity index (χ0) is 10.1. The Bertz CT molecular complexity index is 338. The van der Waals surface area contributed by atoms with Gasteiger partial charge in [-0.25, -0.2) is 0 Å². The van der Waals surface area contributed by atoms with Gasteiger partial charge in [0.25, 0.3) is 0 Å². The van der Waals surface area contributed by atoms with E-state index < -0.39 is 0 Å². The first-order valence-electron chi connectivity index (χ1n) is 4.93. The van der Waals surface area contributed by atoms with Crippen LogP contribution in [0.1, 0.15) is 17.9 Å². The van der Waals surface area contributed by atoms with Gasteiger partial charge in [0.1, 0.15) is 0 Å². The van der Waals surface area contributed by atoms with E-state index in [9.17, 15) is 0 Å². The summed E-state index contributed by atoms with van der Waals surface area (Å²) in [6.45, 7) is 1.85. The Hall–Kier alpha value is -0.540. The fourth-order valence-corrected chi connectivity index (χ4v) is 2.45. The Balaban J connectivity index is 2.46. The Labute approximate surface area is 93.2 Å². The maximum atomic E-state index is 5.78. The number of fused-ring (bicyclic) bond motifs is 1. The van der Waals surface area contributed by atoms with Gasteiger partial charge in [0, 0.05) is 23.8 Å². The highest BCUT2D eigenvalue weighted by atomic mass is 79.9. The highest BCUT2D eigenvalue weighted by Gasteiger charge is 2.21. The van der Waals surface area contributed by atoms with Gasteiger partial charge in [-0.1, -0.05) is 15.9 Å². The molecule has 1 aliphatic rings. The van der Waals surface area contributed by atoms with Crippen molar-refractivity contribution in [3.63, 3.8) is 0 Å². The second-order valence-electron chi connectivity index (χ2n) is 3.85. The second kappa shape index (κ2) is 3.91. The fourth-order valence-electron chi connectivity index (χ4n) is 2.07. The van der Waals surface area contributed by atoms with Crippen molar-refractivity contribution in [2.45, 2.75) is 12.3 Å². The van der Waals surface area contributed by atoms with Crippen LogP contribution < -0.4 is 10.6 Å². The lowest BCUT2D eigenvalue weighted by Crippen LogP contribution is -2.30. The Morgan fingerprint density at radius 2 is 2.36 bits per heavy atom. The minimum atomic E-state index is 0.527. The second-order valence-corrected chi connectivity index (χ2v) is 4.76. The first kappa shape index (κ1) is 9.99. The number of nitrogens with two attached hydrogens (primary N) is 1. The van der Waals surface area contributed by atoms with E-state index in [1.165, 1.54) is 11.3 Å². The highest BCUT2D eigenvalue weighted by molar-refractivity contribution is 9.10. The van der Waals surface area contributed by atoms with E-state index in [2.05, 4.69) is 46.1 Å². The number of anilines is 1. The van der Waals surface area contributed by atoms with Gasteiger partial charge in [0.15, 0.2) is 0 Å². The molecule has 0 amide bonds. The quantitative estimate of drug-likeness (QED) is 0.834. The number of benzene rings is 1. The summed E-state index contributed by atoms with van der Waals surface area (Å²) in [4.78, 5) is 2.30. The van der Waals surface area contributed by atoms with Crippen molar-refractivity contribution in [2.75, 3.05) is 25.0 Å². The van der Waals surface area contributed by atoms with Crippen LogP contribution in [-0.4, -0.2) is 20.1 Å². The zero-order valence-electron chi connectivity index (χ0n) is 8.33. The molecular weight excluding hydrogens is 240 g/mol. The van der Waals surface area contributed by atoms with E-state index in [1.807, 2.05) is 0 Å². The Morgan fingerprint density at radius 1 is 1.57 bits per heavy atom. The van der Waals surface area contributed by atoms with E-state index in [0.29, 0.717) is 5.92 Å². The van der Waals surface area contributed by atoms with E-state index in [0.717, 1.165) is 24.0 Å². The van der Waals surface area contributed by atoms with Crippen LogP contribution in [0, 0.1) is 0 Å². The van der Waals surface area contributed by atoms with E-state index >= 15 is 0 Å². The van der Waals surface area contributed by atoms with Gasteiger partial charge in [0.2, 0.25) is 0 Å². The van der Waals surface area contributed by atoms with Crippen molar-refractivity contribution in [3.8, 4) is 0 Å². The number of hydrogen-bond donors (Lipinski definition) is 1. The van der Waals surface area contributed by atoms with E-state index in [-0.39, 0.29) is 0 Å². The summed E-state index contributed by atoms with van der Waals surface area (Å²) < 4.78 is 1.14. The molecule has 76 valence electrons. The predicted octanol–water partition coefficient (Wildman–Crippen LogP) is 2.33. The molecule has 3 heteroatoms. The highest BCUT2D eigenvalue weighted by Crippen LogP contribution is 2.35. The SMILES string of the molecule is CN1CCC(CN)c2cc(Br)ccc21. The largest absolute Gasteiger partial charge is 0.374 e. The van der Waals surface area contributed by atoms with Crippen molar-refractivity contribution in [1.82, 2.24) is 0 Å². The molecule has 1 atom stereocenters. The van der Waals surface area contributed by atoms with Crippen molar-refractivity contribution in [3.05, 3.63) is 28.2 Å². The molecule has 0 radical (unpaired) electrons. The molecule has 1 unspecified atom stereocenters. The summed E-state index contributed by atoms with van der Waals surface area (Å²) in [5.74, 6) is 0.527. The summed E-state index contributed by atoms with van der Waals surface area (Å²) in [7, 11) is 2.14. The lowest BCUT2D eigenvalue weighted by molar-refractivity contribution is 0.601. The number of nitrogens with zero attached hydrogens (tertiary/aromatic N) is 1. The fraction of sp³-hybridized carbons (Fsp3) is 0.455. The van der Waals surface area contributed by atoms with Crippen LogP contribution in [0.15, 0.2) is 22.7 Å². The van der Waals surface area contributed by atoms with Gasteiger partial charge in [-0.3, -0.25) is 0 Å². The summed E-state index contributed by atoms with van der Waals surface area (Å²) in [6.07, 6.45) is 1.16. The molecule has 2 nitrogen and oxygen atoms in total. The number of rotatable bonds is 1. The molecule has 14 heavy (non-hydrogen) atoms. The van der Waals surface area contributed by atoms with Crippen LogP contribution in [0.5, 0.6) is 0 Å². The first-order chi connectivity index (χ1) is 6.72. The minimum Gasteiger partial charge on any atom is -0.374 e. The molecule has 1 aliphatic heterocycles. The van der Waals surface area contributed by atoms with Gasteiger partial charge >= 0.3 is 0 Å². The van der Waals surface area contributed by atoms with Crippen LogP contribution in [0.2, 0.25) is 0 Å². The third-order valence-corrected chi connectivity index (χ3v) is 3.43. The molecule has 1 aromatic carbocycles. The molecule has 0 spiro atoms. The molecule has 0 bridgehead atoms. The maximum Gasteiger partial charge on any atom is 0.0400 e. The van der Waals surface area contributed by atoms with Gasteiger partial charge in [-0.2, -0.15) is 0 Å². The molecule has 0 saturated heterocycles. The molecule has 1 heterocycles. The molecule has 1 aromatic rings. The minimum absolute atomic E-state index is 0.527. The zero-order valence-corrected chi connectivity index (χ0v) is 9.92. The summed E-state index contributed by atoms with van der Waals surface area (Å²) in [6, 6.07) is 6.46. The third-order valence-electron chi connectivity index (χ3n) is 2.94. The maximum absolute atomic E-state index is 5.78. The van der Waals surface area contributed by atoms with E-state index in [4.69, 9.17) is 5.73 Å². The van der Waals surface area contributed by atoms with Gasteiger partial charge in [0.05, 0.1) is 0 Å².